The number of ether oxygens (including phenoxy) is 1. The van der Waals surface area contributed by atoms with Crippen molar-refractivity contribution in [3.8, 4) is 11.6 Å². The highest BCUT2D eigenvalue weighted by Gasteiger charge is 2.03. The maximum Gasteiger partial charge on any atom is 0.239 e. The second kappa shape index (κ2) is 6.00. The van der Waals surface area contributed by atoms with Crippen molar-refractivity contribution >= 4 is 5.82 Å². The van der Waals surface area contributed by atoms with Crippen molar-refractivity contribution in [2.45, 2.75) is 26.8 Å². The van der Waals surface area contributed by atoms with Crippen LogP contribution in [0.3, 0.4) is 0 Å². The number of rotatable bonds is 6. The van der Waals surface area contributed by atoms with Crippen molar-refractivity contribution in [3.63, 3.8) is 0 Å². The predicted molar refractivity (Wildman–Crippen MR) is 68.8 cm³/mol. The maximum absolute atomic E-state index is 5.58. The Balaban J connectivity index is 2.04. The topological polar surface area (TPSA) is 64.9 Å². The Kier molecular flexibility index (Phi) is 4.11. The molecule has 0 aliphatic rings. The van der Waals surface area contributed by atoms with Gasteiger partial charge in [0, 0.05) is 13.1 Å². The van der Waals surface area contributed by atoms with Crippen LogP contribution in [0.2, 0.25) is 0 Å². The Morgan fingerprint density at radius 1 is 1.28 bits per heavy atom. The standard InChI is InChI=1S/C12H17N5O/c1-3-5-14-11-7-13-8-12(16-11)18-10-6-15-17(4-2)9-10/h6-9H,3-5H2,1-2H3,(H,14,16). The molecule has 0 radical (unpaired) electrons. The Hall–Kier alpha value is -2.11. The van der Waals surface area contributed by atoms with E-state index in [0.717, 1.165) is 25.3 Å². The molecule has 6 heteroatoms. The van der Waals surface area contributed by atoms with E-state index < -0.39 is 0 Å². The van der Waals surface area contributed by atoms with Gasteiger partial charge < -0.3 is 10.1 Å². The van der Waals surface area contributed by atoms with E-state index in [4.69, 9.17) is 4.74 Å². The summed E-state index contributed by atoms with van der Waals surface area (Å²) in [7, 11) is 0. The quantitative estimate of drug-likeness (QED) is 0.848. The first-order valence-electron chi connectivity index (χ1n) is 6.08. The minimum absolute atomic E-state index is 0.465. The van der Waals surface area contributed by atoms with Crippen molar-refractivity contribution in [3.05, 3.63) is 24.8 Å². The second-order valence-corrected chi connectivity index (χ2v) is 3.80. The van der Waals surface area contributed by atoms with Crippen LogP contribution in [0.4, 0.5) is 5.82 Å². The number of aromatic nitrogens is 4. The summed E-state index contributed by atoms with van der Waals surface area (Å²) < 4.78 is 7.38. The molecule has 0 bridgehead atoms. The minimum Gasteiger partial charge on any atom is -0.434 e. The molecular formula is C12H17N5O. The molecule has 2 heterocycles. The molecule has 0 unspecified atom stereocenters. The molecule has 2 aromatic heterocycles. The zero-order valence-electron chi connectivity index (χ0n) is 10.6. The van der Waals surface area contributed by atoms with E-state index in [2.05, 4.69) is 27.3 Å². The molecule has 0 saturated carbocycles. The molecule has 0 amide bonds. The molecule has 2 aromatic rings. The van der Waals surface area contributed by atoms with Crippen LogP contribution in [0.15, 0.2) is 24.8 Å². The van der Waals surface area contributed by atoms with E-state index in [1.54, 1.807) is 23.3 Å². The van der Waals surface area contributed by atoms with Gasteiger partial charge in [-0.05, 0) is 13.3 Å². The predicted octanol–water partition coefficient (Wildman–Crippen LogP) is 2.31. The third kappa shape index (κ3) is 3.19. The number of nitrogens with zero attached hydrogens (tertiary/aromatic N) is 4. The first-order valence-corrected chi connectivity index (χ1v) is 6.08. The number of hydrogen-bond acceptors (Lipinski definition) is 5. The van der Waals surface area contributed by atoms with E-state index in [9.17, 15) is 0 Å². The first-order chi connectivity index (χ1) is 8.81. The molecule has 0 aliphatic carbocycles. The summed E-state index contributed by atoms with van der Waals surface area (Å²) in [6.45, 7) is 5.80. The molecule has 0 aliphatic heterocycles. The average molecular weight is 247 g/mol. The normalized spacial score (nSPS) is 10.3. The summed E-state index contributed by atoms with van der Waals surface area (Å²) in [6.07, 6.45) is 7.79. The van der Waals surface area contributed by atoms with Crippen LogP contribution in [0, 0.1) is 0 Å². The van der Waals surface area contributed by atoms with Gasteiger partial charge in [-0.25, -0.2) is 0 Å². The van der Waals surface area contributed by atoms with Gasteiger partial charge in [-0.15, -0.1) is 0 Å². The van der Waals surface area contributed by atoms with Gasteiger partial charge in [0.15, 0.2) is 5.75 Å². The third-order valence-electron chi connectivity index (χ3n) is 2.32. The first kappa shape index (κ1) is 12.3. The SMILES string of the molecule is CCCNc1cncc(Oc2cnn(CC)c2)n1. The molecule has 0 saturated heterocycles. The van der Waals surface area contributed by atoms with Crippen LogP contribution < -0.4 is 10.1 Å². The lowest BCUT2D eigenvalue weighted by atomic mass is 10.5. The molecule has 2 rings (SSSR count). The Morgan fingerprint density at radius 3 is 2.89 bits per heavy atom. The van der Waals surface area contributed by atoms with Gasteiger partial charge in [0.1, 0.15) is 5.82 Å². The monoisotopic (exact) mass is 247 g/mol. The van der Waals surface area contributed by atoms with Crippen LogP contribution in [0.1, 0.15) is 20.3 Å². The number of anilines is 1. The molecule has 0 aromatic carbocycles. The van der Waals surface area contributed by atoms with E-state index in [-0.39, 0.29) is 0 Å². The smallest absolute Gasteiger partial charge is 0.239 e. The molecule has 6 nitrogen and oxygen atoms in total. The zero-order chi connectivity index (χ0) is 12.8. The Labute approximate surface area is 106 Å². The minimum atomic E-state index is 0.465. The summed E-state index contributed by atoms with van der Waals surface area (Å²) >= 11 is 0. The Bertz CT molecular complexity index is 497. The summed E-state index contributed by atoms with van der Waals surface area (Å²) in [5.74, 6) is 1.85. The van der Waals surface area contributed by atoms with Gasteiger partial charge in [0.25, 0.3) is 0 Å². The summed E-state index contributed by atoms with van der Waals surface area (Å²) in [6, 6.07) is 0. The van der Waals surface area contributed by atoms with Crippen molar-refractivity contribution in [1.29, 1.82) is 0 Å². The lowest BCUT2D eigenvalue weighted by Crippen LogP contribution is -2.02. The number of hydrogen-bond donors (Lipinski definition) is 1. The Morgan fingerprint density at radius 2 is 2.17 bits per heavy atom. The fraction of sp³-hybridized carbons (Fsp3) is 0.417. The van der Waals surface area contributed by atoms with E-state index in [1.807, 2.05) is 13.1 Å². The average Bonchev–Trinajstić information content (AvgIpc) is 2.84. The van der Waals surface area contributed by atoms with E-state index in [0.29, 0.717) is 11.6 Å². The van der Waals surface area contributed by atoms with Crippen LogP contribution in [0.25, 0.3) is 0 Å². The molecule has 1 N–H and O–H groups in total. The van der Waals surface area contributed by atoms with Crippen LogP contribution in [-0.2, 0) is 6.54 Å². The summed E-state index contributed by atoms with van der Waals surface area (Å²) in [5.41, 5.74) is 0. The zero-order valence-corrected chi connectivity index (χ0v) is 10.6. The van der Waals surface area contributed by atoms with Gasteiger partial charge >= 0.3 is 0 Å². The van der Waals surface area contributed by atoms with Crippen LogP contribution in [0.5, 0.6) is 11.6 Å². The maximum atomic E-state index is 5.58. The van der Waals surface area contributed by atoms with Gasteiger partial charge in [-0.1, -0.05) is 6.92 Å². The van der Waals surface area contributed by atoms with Crippen molar-refractivity contribution in [2.75, 3.05) is 11.9 Å². The molecule has 0 spiro atoms. The molecule has 18 heavy (non-hydrogen) atoms. The van der Waals surface area contributed by atoms with Gasteiger partial charge in [0.2, 0.25) is 5.88 Å². The lowest BCUT2D eigenvalue weighted by Gasteiger charge is -2.05. The molecular weight excluding hydrogens is 230 g/mol. The van der Waals surface area contributed by atoms with E-state index >= 15 is 0 Å². The molecule has 0 fully saturated rings. The fourth-order valence-electron chi connectivity index (χ4n) is 1.43. The molecule has 96 valence electrons. The summed E-state index contributed by atoms with van der Waals surface area (Å²) in [5, 5.41) is 7.29. The third-order valence-corrected chi connectivity index (χ3v) is 2.32. The van der Waals surface area contributed by atoms with Crippen LogP contribution in [-0.4, -0.2) is 26.3 Å². The largest absolute Gasteiger partial charge is 0.434 e. The van der Waals surface area contributed by atoms with Gasteiger partial charge in [-0.2, -0.15) is 10.1 Å². The van der Waals surface area contributed by atoms with Gasteiger partial charge in [-0.3, -0.25) is 9.67 Å². The summed E-state index contributed by atoms with van der Waals surface area (Å²) in [4.78, 5) is 8.39. The van der Waals surface area contributed by atoms with Crippen molar-refractivity contribution in [1.82, 2.24) is 19.7 Å². The highest BCUT2D eigenvalue weighted by Crippen LogP contribution is 2.18. The second-order valence-electron chi connectivity index (χ2n) is 3.80. The fourth-order valence-corrected chi connectivity index (χ4v) is 1.43. The van der Waals surface area contributed by atoms with Gasteiger partial charge in [0.05, 0.1) is 24.8 Å². The van der Waals surface area contributed by atoms with E-state index in [1.165, 1.54) is 0 Å². The van der Waals surface area contributed by atoms with Crippen molar-refractivity contribution in [2.24, 2.45) is 0 Å². The molecule has 0 atom stereocenters. The highest BCUT2D eigenvalue weighted by molar-refractivity contribution is 5.34. The van der Waals surface area contributed by atoms with Crippen molar-refractivity contribution < 1.29 is 4.74 Å². The lowest BCUT2D eigenvalue weighted by molar-refractivity contribution is 0.459. The number of aryl methyl sites for hydroxylation is 1. The number of nitrogens with one attached hydrogen (secondary N) is 1. The highest BCUT2D eigenvalue weighted by atomic mass is 16.5. The van der Waals surface area contributed by atoms with Crippen LogP contribution >= 0.6 is 0 Å².